The standard InChI is InChI=1S/C15H17N3O4/c1-9-6-10(18(21)22)4-5-11(9)16-17-14-12(19)7-15(2,3)8-13(14)20/h4-6,19H,7-8H2,1-3H3. The van der Waals surface area contributed by atoms with Crippen LogP contribution < -0.4 is 0 Å². The maximum absolute atomic E-state index is 12.0. The van der Waals surface area contributed by atoms with E-state index in [9.17, 15) is 20.0 Å². The second-order valence-electron chi connectivity index (χ2n) is 6.16. The zero-order valence-corrected chi connectivity index (χ0v) is 12.7. The van der Waals surface area contributed by atoms with Crippen molar-refractivity contribution >= 4 is 17.2 Å². The summed E-state index contributed by atoms with van der Waals surface area (Å²) in [4.78, 5) is 22.2. The molecule has 0 fully saturated rings. The predicted molar refractivity (Wildman–Crippen MR) is 80.0 cm³/mol. The maximum Gasteiger partial charge on any atom is 0.269 e. The SMILES string of the molecule is Cc1cc([N+](=O)[O-])ccc1N=NC1=C(O)CC(C)(C)CC1=O. The number of aryl methyl sites for hydroxylation is 1. The van der Waals surface area contributed by atoms with Gasteiger partial charge < -0.3 is 5.11 Å². The van der Waals surface area contributed by atoms with E-state index in [1.807, 2.05) is 13.8 Å². The van der Waals surface area contributed by atoms with E-state index in [1.165, 1.54) is 18.2 Å². The van der Waals surface area contributed by atoms with Crippen LogP contribution >= 0.6 is 0 Å². The number of allylic oxidation sites excluding steroid dienone is 2. The molecule has 0 atom stereocenters. The van der Waals surface area contributed by atoms with Crippen molar-refractivity contribution in [2.24, 2.45) is 15.6 Å². The number of azo groups is 1. The molecule has 1 aliphatic carbocycles. The Morgan fingerprint density at radius 2 is 1.95 bits per heavy atom. The quantitative estimate of drug-likeness (QED) is 0.514. The molecular weight excluding hydrogens is 286 g/mol. The molecule has 1 aromatic rings. The summed E-state index contributed by atoms with van der Waals surface area (Å²) in [5, 5.41) is 28.4. The molecule has 0 saturated heterocycles. The number of aliphatic hydroxyl groups is 1. The molecule has 2 rings (SSSR count). The van der Waals surface area contributed by atoms with Crippen LogP contribution in [0.2, 0.25) is 0 Å². The second kappa shape index (κ2) is 5.67. The van der Waals surface area contributed by atoms with Gasteiger partial charge in [0, 0.05) is 25.0 Å². The van der Waals surface area contributed by atoms with Crippen LogP contribution in [0.5, 0.6) is 0 Å². The summed E-state index contributed by atoms with van der Waals surface area (Å²) < 4.78 is 0. The molecule has 0 heterocycles. The van der Waals surface area contributed by atoms with Crippen molar-refractivity contribution in [3.8, 4) is 0 Å². The summed E-state index contributed by atoms with van der Waals surface area (Å²) in [6.45, 7) is 5.46. The fourth-order valence-corrected chi connectivity index (χ4v) is 2.36. The lowest BCUT2D eigenvalue weighted by atomic mass is 9.78. The van der Waals surface area contributed by atoms with E-state index in [2.05, 4.69) is 10.2 Å². The molecule has 0 radical (unpaired) electrons. The van der Waals surface area contributed by atoms with Crippen molar-refractivity contribution in [1.29, 1.82) is 0 Å². The number of non-ortho nitro benzene ring substituents is 1. The number of carbonyl (C=O) groups is 1. The number of ketones is 1. The fraction of sp³-hybridized carbons (Fsp3) is 0.400. The minimum absolute atomic E-state index is 0.0305. The number of aliphatic hydroxyl groups excluding tert-OH is 1. The Balaban J connectivity index is 2.29. The van der Waals surface area contributed by atoms with Gasteiger partial charge in [-0.1, -0.05) is 13.8 Å². The lowest BCUT2D eigenvalue weighted by molar-refractivity contribution is -0.384. The van der Waals surface area contributed by atoms with Gasteiger partial charge in [0.15, 0.2) is 11.5 Å². The van der Waals surface area contributed by atoms with Crippen molar-refractivity contribution in [2.45, 2.75) is 33.6 Å². The number of nitro benzene ring substituents is 1. The molecule has 0 unspecified atom stereocenters. The molecule has 0 bridgehead atoms. The lowest BCUT2D eigenvalue weighted by Crippen LogP contribution is -2.25. The number of carbonyl (C=O) groups excluding carboxylic acids is 1. The van der Waals surface area contributed by atoms with Gasteiger partial charge in [0.25, 0.3) is 5.69 Å². The van der Waals surface area contributed by atoms with E-state index in [4.69, 9.17) is 0 Å². The van der Waals surface area contributed by atoms with Crippen molar-refractivity contribution in [1.82, 2.24) is 0 Å². The van der Waals surface area contributed by atoms with Crippen molar-refractivity contribution in [3.63, 3.8) is 0 Å². The van der Waals surface area contributed by atoms with Gasteiger partial charge in [0.1, 0.15) is 5.76 Å². The van der Waals surface area contributed by atoms with E-state index in [0.29, 0.717) is 24.1 Å². The zero-order chi connectivity index (χ0) is 16.5. The van der Waals surface area contributed by atoms with Gasteiger partial charge in [-0.2, -0.15) is 5.11 Å². The first-order valence-electron chi connectivity index (χ1n) is 6.82. The third-order valence-corrected chi connectivity index (χ3v) is 3.47. The van der Waals surface area contributed by atoms with Crippen molar-refractivity contribution < 1.29 is 14.8 Å². The predicted octanol–water partition coefficient (Wildman–Crippen LogP) is 4.15. The summed E-state index contributed by atoms with van der Waals surface area (Å²) in [5.74, 6) is -0.318. The minimum Gasteiger partial charge on any atom is -0.510 e. The van der Waals surface area contributed by atoms with Crippen LogP contribution in [-0.2, 0) is 4.79 Å². The van der Waals surface area contributed by atoms with Gasteiger partial charge in [0.2, 0.25) is 0 Å². The zero-order valence-electron chi connectivity index (χ0n) is 12.7. The van der Waals surface area contributed by atoms with Crippen LogP contribution in [0.1, 0.15) is 32.3 Å². The van der Waals surface area contributed by atoms with Gasteiger partial charge in [-0.25, -0.2) is 0 Å². The number of hydrogen-bond acceptors (Lipinski definition) is 6. The van der Waals surface area contributed by atoms with E-state index in [-0.39, 0.29) is 28.3 Å². The Morgan fingerprint density at radius 1 is 1.27 bits per heavy atom. The highest BCUT2D eigenvalue weighted by atomic mass is 16.6. The molecule has 1 aromatic carbocycles. The van der Waals surface area contributed by atoms with Crippen molar-refractivity contribution in [2.75, 3.05) is 0 Å². The highest BCUT2D eigenvalue weighted by Crippen LogP contribution is 2.36. The third kappa shape index (κ3) is 3.36. The minimum atomic E-state index is -0.491. The van der Waals surface area contributed by atoms with Crippen LogP contribution in [0.4, 0.5) is 11.4 Å². The molecule has 0 aromatic heterocycles. The monoisotopic (exact) mass is 303 g/mol. The first-order chi connectivity index (χ1) is 10.2. The summed E-state index contributed by atoms with van der Waals surface area (Å²) >= 11 is 0. The largest absolute Gasteiger partial charge is 0.510 e. The van der Waals surface area contributed by atoms with Gasteiger partial charge >= 0.3 is 0 Å². The molecule has 0 aliphatic heterocycles. The van der Waals surface area contributed by atoms with Gasteiger partial charge in [0.05, 0.1) is 10.6 Å². The molecule has 0 spiro atoms. The normalized spacial score (nSPS) is 18.0. The summed E-state index contributed by atoms with van der Waals surface area (Å²) in [6.07, 6.45) is 0.664. The molecule has 1 N–H and O–H groups in total. The van der Waals surface area contributed by atoms with E-state index in [1.54, 1.807) is 6.92 Å². The Morgan fingerprint density at radius 3 is 2.50 bits per heavy atom. The molecule has 7 heteroatoms. The maximum atomic E-state index is 12.0. The molecule has 22 heavy (non-hydrogen) atoms. The fourth-order valence-electron chi connectivity index (χ4n) is 2.36. The number of nitro groups is 1. The second-order valence-corrected chi connectivity index (χ2v) is 6.16. The number of nitrogens with zero attached hydrogens (tertiary/aromatic N) is 3. The summed E-state index contributed by atoms with van der Waals surface area (Å²) in [7, 11) is 0. The number of rotatable bonds is 3. The number of benzene rings is 1. The summed E-state index contributed by atoms with van der Waals surface area (Å²) in [6, 6.07) is 4.17. The molecule has 1 aliphatic rings. The molecule has 0 amide bonds. The van der Waals surface area contributed by atoms with Crippen molar-refractivity contribution in [3.05, 3.63) is 45.3 Å². The Kier molecular flexibility index (Phi) is 4.07. The van der Waals surface area contributed by atoms with Crippen LogP contribution in [0, 0.1) is 22.5 Å². The molecule has 7 nitrogen and oxygen atoms in total. The third-order valence-electron chi connectivity index (χ3n) is 3.47. The van der Waals surface area contributed by atoms with Gasteiger partial charge in [-0.05, 0) is 24.0 Å². The van der Waals surface area contributed by atoms with E-state index >= 15 is 0 Å². The van der Waals surface area contributed by atoms with E-state index < -0.39 is 4.92 Å². The molecular formula is C15H17N3O4. The van der Waals surface area contributed by atoms with Crippen LogP contribution in [-0.4, -0.2) is 15.8 Å². The lowest BCUT2D eigenvalue weighted by Gasteiger charge is -2.27. The Labute approximate surface area is 127 Å². The van der Waals surface area contributed by atoms with Gasteiger partial charge in [-0.3, -0.25) is 14.9 Å². The number of Topliss-reactive ketones (excluding diaryl/α,β-unsaturated/α-hetero) is 1. The topological polar surface area (TPSA) is 105 Å². The van der Waals surface area contributed by atoms with E-state index in [0.717, 1.165) is 0 Å². The Bertz CT molecular complexity index is 705. The van der Waals surface area contributed by atoms with Crippen LogP contribution in [0.15, 0.2) is 39.9 Å². The number of hydrogen-bond donors (Lipinski definition) is 1. The first kappa shape index (κ1) is 15.8. The van der Waals surface area contributed by atoms with Crippen LogP contribution in [0.25, 0.3) is 0 Å². The Hall–Kier alpha value is -2.57. The van der Waals surface area contributed by atoms with Gasteiger partial charge in [-0.15, -0.1) is 5.11 Å². The molecule has 116 valence electrons. The average Bonchev–Trinajstić information content (AvgIpc) is 2.37. The smallest absolute Gasteiger partial charge is 0.269 e. The first-order valence-corrected chi connectivity index (χ1v) is 6.82. The highest BCUT2D eigenvalue weighted by molar-refractivity contribution is 5.96. The average molecular weight is 303 g/mol. The van der Waals surface area contributed by atoms with Crippen LogP contribution in [0.3, 0.4) is 0 Å². The highest BCUT2D eigenvalue weighted by Gasteiger charge is 2.33. The molecule has 0 saturated carbocycles. The summed E-state index contributed by atoms with van der Waals surface area (Å²) in [5.41, 5.74) is 0.639.